The summed E-state index contributed by atoms with van der Waals surface area (Å²) in [6.45, 7) is 0.446. The van der Waals surface area contributed by atoms with Crippen molar-refractivity contribution in [2.45, 2.75) is 0 Å². The summed E-state index contributed by atoms with van der Waals surface area (Å²) in [4.78, 5) is 24.1. The summed E-state index contributed by atoms with van der Waals surface area (Å²) in [6, 6.07) is 8.96. The second-order valence-electron chi connectivity index (χ2n) is 3.06. The summed E-state index contributed by atoms with van der Waals surface area (Å²) >= 11 is 0. The molecular formula is C10H10N2O2. The number of nitrogens with zero attached hydrogens (tertiary/aromatic N) is 1. The average Bonchev–Trinajstić information content (AvgIpc) is 2.19. The third kappa shape index (κ3) is 1.52. The lowest BCUT2D eigenvalue weighted by Gasteiger charge is -2.25. The minimum Gasteiger partial charge on any atom is -0.300 e. The van der Waals surface area contributed by atoms with Crippen molar-refractivity contribution in [3.05, 3.63) is 30.3 Å². The number of anilines is 1. The molecule has 1 N–H and O–H groups in total. The normalized spacial score (nSPS) is 17.3. The quantitative estimate of drug-likeness (QED) is 0.641. The number of rotatable bonds is 1. The van der Waals surface area contributed by atoms with Crippen LogP contribution in [0.2, 0.25) is 0 Å². The maximum absolute atomic E-state index is 11.4. The van der Waals surface area contributed by atoms with Crippen LogP contribution in [-0.2, 0) is 9.59 Å². The Bertz CT molecular complexity index is 346. The molecule has 1 aliphatic heterocycles. The van der Waals surface area contributed by atoms with Gasteiger partial charge in [0.2, 0.25) is 11.8 Å². The summed E-state index contributed by atoms with van der Waals surface area (Å²) in [5.41, 5.74) is 0.643. The molecule has 0 unspecified atom stereocenters. The Hall–Kier alpha value is -1.68. The van der Waals surface area contributed by atoms with Gasteiger partial charge in [0.25, 0.3) is 0 Å². The fourth-order valence-electron chi connectivity index (χ4n) is 1.44. The van der Waals surface area contributed by atoms with Gasteiger partial charge in [-0.05, 0) is 12.1 Å². The third-order valence-electron chi connectivity index (χ3n) is 2.07. The van der Waals surface area contributed by atoms with Gasteiger partial charge in [-0.25, -0.2) is 4.90 Å². The van der Waals surface area contributed by atoms with Crippen LogP contribution in [0.3, 0.4) is 0 Å². The van der Waals surface area contributed by atoms with Gasteiger partial charge in [-0.1, -0.05) is 18.2 Å². The van der Waals surface area contributed by atoms with Gasteiger partial charge in [-0.15, -0.1) is 0 Å². The fourth-order valence-corrected chi connectivity index (χ4v) is 1.44. The number of nitrogens with one attached hydrogen (secondary N) is 1. The summed E-state index contributed by atoms with van der Waals surface area (Å²) in [5, 5.41) is 2.74. The number of benzene rings is 1. The first-order valence-corrected chi connectivity index (χ1v) is 4.40. The van der Waals surface area contributed by atoms with E-state index >= 15 is 0 Å². The molecular weight excluding hydrogens is 180 g/mol. The van der Waals surface area contributed by atoms with Crippen LogP contribution in [0.5, 0.6) is 0 Å². The lowest BCUT2D eigenvalue weighted by Crippen LogP contribution is -2.52. The van der Waals surface area contributed by atoms with Crippen LogP contribution in [0, 0.1) is 0 Å². The van der Waals surface area contributed by atoms with Crippen molar-refractivity contribution < 1.29 is 9.59 Å². The Morgan fingerprint density at radius 1 is 1.00 bits per heavy atom. The minimum absolute atomic E-state index is 0.201. The van der Waals surface area contributed by atoms with Crippen LogP contribution >= 0.6 is 0 Å². The lowest BCUT2D eigenvalue weighted by molar-refractivity contribution is -0.127. The average molecular weight is 190 g/mol. The van der Waals surface area contributed by atoms with Crippen LogP contribution in [0.1, 0.15) is 0 Å². The number of hydrogen-bond acceptors (Lipinski definition) is 3. The Balaban J connectivity index is 2.32. The Labute approximate surface area is 81.5 Å². The van der Waals surface area contributed by atoms with Gasteiger partial charge < -0.3 is 0 Å². The number of hydrogen-bond donors (Lipinski definition) is 1. The molecule has 0 atom stereocenters. The molecule has 1 aromatic rings. The van der Waals surface area contributed by atoms with E-state index in [0.717, 1.165) is 0 Å². The van der Waals surface area contributed by atoms with Crippen LogP contribution in [-0.4, -0.2) is 24.9 Å². The maximum atomic E-state index is 11.4. The minimum atomic E-state index is -0.201. The molecule has 0 spiro atoms. The van der Waals surface area contributed by atoms with Crippen LogP contribution in [0.25, 0.3) is 0 Å². The molecule has 4 heteroatoms. The Morgan fingerprint density at radius 3 is 2.14 bits per heavy atom. The molecule has 0 saturated carbocycles. The van der Waals surface area contributed by atoms with Gasteiger partial charge >= 0.3 is 0 Å². The molecule has 72 valence electrons. The molecule has 4 nitrogen and oxygen atoms in total. The van der Waals surface area contributed by atoms with Gasteiger partial charge in [0, 0.05) is 0 Å². The number of amides is 2. The molecule has 14 heavy (non-hydrogen) atoms. The molecule has 1 heterocycles. The number of imide groups is 1. The summed E-state index contributed by atoms with van der Waals surface area (Å²) in [6.07, 6.45) is 0. The molecule has 0 aliphatic carbocycles. The van der Waals surface area contributed by atoms with E-state index in [-0.39, 0.29) is 24.9 Å². The molecule has 1 aliphatic rings. The molecule has 0 aromatic heterocycles. The molecule has 1 saturated heterocycles. The fraction of sp³-hybridized carbons (Fsp3) is 0.200. The van der Waals surface area contributed by atoms with E-state index in [2.05, 4.69) is 5.32 Å². The molecule has 2 rings (SSSR count). The van der Waals surface area contributed by atoms with Crippen molar-refractivity contribution in [2.75, 3.05) is 18.0 Å². The summed E-state index contributed by atoms with van der Waals surface area (Å²) < 4.78 is 0. The van der Waals surface area contributed by atoms with Gasteiger partial charge in [0.15, 0.2) is 0 Å². The van der Waals surface area contributed by atoms with Gasteiger partial charge in [-0.2, -0.15) is 0 Å². The monoisotopic (exact) mass is 190 g/mol. The molecule has 0 bridgehead atoms. The smallest absolute Gasteiger partial charge is 0.247 e. The standard InChI is InChI=1S/C10H10N2O2/c13-9-6-11-7-10(14)12(9)8-4-2-1-3-5-8/h1-5,11H,6-7H2. The van der Waals surface area contributed by atoms with E-state index in [9.17, 15) is 9.59 Å². The second-order valence-corrected chi connectivity index (χ2v) is 3.06. The number of para-hydroxylation sites is 1. The number of piperazine rings is 1. The van der Waals surface area contributed by atoms with Crippen molar-refractivity contribution >= 4 is 17.5 Å². The summed E-state index contributed by atoms with van der Waals surface area (Å²) in [5.74, 6) is -0.403. The van der Waals surface area contributed by atoms with Gasteiger partial charge in [0.1, 0.15) is 0 Å². The molecule has 1 fully saturated rings. The lowest BCUT2D eigenvalue weighted by atomic mass is 10.2. The van der Waals surface area contributed by atoms with E-state index < -0.39 is 0 Å². The Morgan fingerprint density at radius 2 is 1.57 bits per heavy atom. The SMILES string of the molecule is O=C1CNCC(=O)N1c1ccccc1. The third-order valence-corrected chi connectivity index (χ3v) is 2.07. The maximum Gasteiger partial charge on any atom is 0.247 e. The topological polar surface area (TPSA) is 49.4 Å². The number of carbonyl (C=O) groups is 2. The predicted molar refractivity (Wildman–Crippen MR) is 51.8 cm³/mol. The highest BCUT2D eigenvalue weighted by atomic mass is 16.2. The van der Waals surface area contributed by atoms with Crippen LogP contribution < -0.4 is 10.2 Å². The van der Waals surface area contributed by atoms with E-state index in [0.29, 0.717) is 5.69 Å². The zero-order chi connectivity index (χ0) is 9.97. The first kappa shape index (κ1) is 8.90. The highest BCUT2D eigenvalue weighted by Crippen LogP contribution is 2.14. The zero-order valence-electron chi connectivity index (χ0n) is 7.56. The van der Waals surface area contributed by atoms with Crippen LogP contribution in [0.15, 0.2) is 30.3 Å². The molecule has 2 amide bonds. The van der Waals surface area contributed by atoms with Gasteiger partial charge in [-0.3, -0.25) is 14.9 Å². The van der Waals surface area contributed by atoms with Crippen LogP contribution in [0.4, 0.5) is 5.69 Å². The van der Waals surface area contributed by atoms with Gasteiger partial charge in [0.05, 0.1) is 18.8 Å². The first-order chi connectivity index (χ1) is 6.79. The van der Waals surface area contributed by atoms with Crippen molar-refractivity contribution in [1.29, 1.82) is 0 Å². The highest BCUT2D eigenvalue weighted by molar-refractivity contribution is 6.17. The Kier molecular flexibility index (Phi) is 2.28. The van der Waals surface area contributed by atoms with Crippen molar-refractivity contribution in [3.8, 4) is 0 Å². The first-order valence-electron chi connectivity index (χ1n) is 4.40. The van der Waals surface area contributed by atoms with E-state index in [4.69, 9.17) is 0 Å². The second kappa shape index (κ2) is 3.59. The molecule has 1 aromatic carbocycles. The van der Waals surface area contributed by atoms with Crippen molar-refractivity contribution in [2.24, 2.45) is 0 Å². The van der Waals surface area contributed by atoms with E-state index in [1.54, 1.807) is 24.3 Å². The largest absolute Gasteiger partial charge is 0.300 e. The predicted octanol–water partition coefficient (Wildman–Crippen LogP) is 0.149. The summed E-state index contributed by atoms with van der Waals surface area (Å²) in [7, 11) is 0. The van der Waals surface area contributed by atoms with Crippen molar-refractivity contribution in [3.63, 3.8) is 0 Å². The van der Waals surface area contributed by atoms with Crippen molar-refractivity contribution in [1.82, 2.24) is 5.32 Å². The zero-order valence-corrected chi connectivity index (χ0v) is 7.56. The number of carbonyl (C=O) groups excluding carboxylic acids is 2. The molecule has 0 radical (unpaired) electrons. The van der Waals surface area contributed by atoms with E-state index in [1.165, 1.54) is 4.90 Å². The van der Waals surface area contributed by atoms with E-state index in [1.807, 2.05) is 6.07 Å². The highest BCUT2D eigenvalue weighted by Gasteiger charge is 2.26.